The third-order valence-electron chi connectivity index (χ3n) is 2.38. The van der Waals surface area contributed by atoms with Gasteiger partial charge in [0, 0.05) is 25.4 Å². The molecule has 1 heterocycles. The molecule has 0 aliphatic heterocycles. The molecule has 0 unspecified atom stereocenters. The molecule has 1 rings (SSSR count). The quantitative estimate of drug-likeness (QED) is 0.327. The molecular weight excluding hydrogens is 357 g/mol. The summed E-state index contributed by atoms with van der Waals surface area (Å²) in [6, 6.07) is 0. The number of nitrogens with zero attached hydrogens (tertiary/aromatic N) is 3. The molecule has 0 saturated heterocycles. The molecule has 0 aliphatic carbocycles. The summed E-state index contributed by atoms with van der Waals surface area (Å²) >= 11 is 0. The Kier molecular flexibility index (Phi) is 9.54. The third kappa shape index (κ3) is 7.34. The van der Waals surface area contributed by atoms with Gasteiger partial charge in [0.05, 0.1) is 0 Å². The highest BCUT2D eigenvalue weighted by atomic mass is 127. The van der Waals surface area contributed by atoms with Crippen molar-refractivity contribution in [2.75, 3.05) is 13.1 Å². The standard InChI is InChI=1S/C12H23N5O.HI/c1-4-7-14-12(13)15-8-5-6-10-16-11(9(2)3)17-18-10;/h9H,4-8H2,1-3H3,(H3,13,14,15);1H. The van der Waals surface area contributed by atoms with E-state index >= 15 is 0 Å². The van der Waals surface area contributed by atoms with Crippen molar-refractivity contribution in [3.63, 3.8) is 0 Å². The monoisotopic (exact) mass is 381 g/mol. The predicted octanol–water partition coefficient (Wildman–Crippen LogP) is 2.06. The zero-order chi connectivity index (χ0) is 13.4. The molecule has 0 bridgehead atoms. The molecule has 0 aromatic carbocycles. The summed E-state index contributed by atoms with van der Waals surface area (Å²) < 4.78 is 5.15. The van der Waals surface area contributed by atoms with Gasteiger partial charge in [0.2, 0.25) is 5.89 Å². The van der Waals surface area contributed by atoms with Gasteiger partial charge < -0.3 is 15.6 Å². The first-order valence-corrected chi connectivity index (χ1v) is 6.49. The second-order valence-electron chi connectivity index (χ2n) is 4.50. The van der Waals surface area contributed by atoms with Crippen molar-refractivity contribution in [1.29, 1.82) is 0 Å². The van der Waals surface area contributed by atoms with E-state index in [0.29, 0.717) is 17.8 Å². The summed E-state index contributed by atoms with van der Waals surface area (Å²) in [5, 5.41) is 6.97. The average Bonchev–Trinajstić information content (AvgIpc) is 2.81. The summed E-state index contributed by atoms with van der Waals surface area (Å²) in [6.45, 7) is 7.68. The van der Waals surface area contributed by atoms with Gasteiger partial charge in [-0.05, 0) is 12.8 Å². The van der Waals surface area contributed by atoms with Crippen molar-refractivity contribution in [1.82, 2.24) is 15.5 Å². The Morgan fingerprint density at radius 1 is 1.47 bits per heavy atom. The topological polar surface area (TPSA) is 89.3 Å². The van der Waals surface area contributed by atoms with E-state index < -0.39 is 0 Å². The molecule has 3 N–H and O–H groups in total. The first-order valence-electron chi connectivity index (χ1n) is 6.49. The van der Waals surface area contributed by atoms with Crippen LogP contribution in [-0.2, 0) is 6.42 Å². The van der Waals surface area contributed by atoms with Gasteiger partial charge in [0.15, 0.2) is 11.8 Å². The molecule has 0 aliphatic rings. The minimum atomic E-state index is 0. The van der Waals surface area contributed by atoms with Crippen molar-refractivity contribution in [3.05, 3.63) is 11.7 Å². The van der Waals surface area contributed by atoms with Crippen molar-refractivity contribution in [2.24, 2.45) is 10.7 Å². The Bertz CT molecular complexity index is 378. The van der Waals surface area contributed by atoms with Crippen LogP contribution in [0.5, 0.6) is 0 Å². The van der Waals surface area contributed by atoms with E-state index in [1.807, 2.05) is 13.8 Å². The number of guanidine groups is 1. The number of halogens is 1. The smallest absolute Gasteiger partial charge is 0.226 e. The number of hydrogen-bond acceptors (Lipinski definition) is 4. The van der Waals surface area contributed by atoms with Crippen LogP contribution >= 0.6 is 24.0 Å². The van der Waals surface area contributed by atoms with Crippen molar-refractivity contribution in [2.45, 2.75) is 46.0 Å². The van der Waals surface area contributed by atoms with Crippen LogP contribution < -0.4 is 11.1 Å². The molecule has 110 valence electrons. The van der Waals surface area contributed by atoms with Crippen molar-refractivity contribution < 1.29 is 4.52 Å². The van der Waals surface area contributed by atoms with Gasteiger partial charge in [-0.1, -0.05) is 25.9 Å². The maximum absolute atomic E-state index is 5.67. The second-order valence-corrected chi connectivity index (χ2v) is 4.50. The molecule has 19 heavy (non-hydrogen) atoms. The summed E-state index contributed by atoms with van der Waals surface area (Å²) in [6.07, 6.45) is 2.65. The lowest BCUT2D eigenvalue weighted by Gasteiger charge is -2.03. The minimum Gasteiger partial charge on any atom is -0.370 e. The Balaban J connectivity index is 0.00000324. The van der Waals surface area contributed by atoms with E-state index in [1.54, 1.807) is 0 Å². The third-order valence-corrected chi connectivity index (χ3v) is 2.38. The van der Waals surface area contributed by atoms with E-state index in [2.05, 4.69) is 27.4 Å². The van der Waals surface area contributed by atoms with Crippen LogP contribution in [0.2, 0.25) is 0 Å². The molecule has 6 nitrogen and oxygen atoms in total. The van der Waals surface area contributed by atoms with Crippen LogP contribution in [0.25, 0.3) is 0 Å². The Morgan fingerprint density at radius 3 is 2.79 bits per heavy atom. The molecule has 0 spiro atoms. The first-order chi connectivity index (χ1) is 8.63. The molecule has 1 aromatic heterocycles. The minimum absolute atomic E-state index is 0. The number of hydrogen-bond donors (Lipinski definition) is 2. The zero-order valence-corrected chi connectivity index (χ0v) is 14.2. The van der Waals surface area contributed by atoms with Gasteiger partial charge in [-0.15, -0.1) is 24.0 Å². The van der Waals surface area contributed by atoms with Crippen LogP contribution in [0.3, 0.4) is 0 Å². The number of aryl methyl sites for hydroxylation is 1. The maximum atomic E-state index is 5.67. The van der Waals surface area contributed by atoms with E-state index in [9.17, 15) is 0 Å². The lowest BCUT2D eigenvalue weighted by molar-refractivity contribution is 0.368. The number of nitrogens with one attached hydrogen (secondary N) is 1. The number of rotatable bonds is 7. The van der Waals surface area contributed by atoms with Gasteiger partial charge in [0.25, 0.3) is 0 Å². The van der Waals surface area contributed by atoms with Crippen LogP contribution in [0.4, 0.5) is 0 Å². The highest BCUT2D eigenvalue weighted by Crippen LogP contribution is 2.10. The Morgan fingerprint density at radius 2 is 2.21 bits per heavy atom. The number of aromatic nitrogens is 2. The lowest BCUT2D eigenvalue weighted by Crippen LogP contribution is -2.32. The molecular formula is C12H24IN5O. The summed E-state index contributed by atoms with van der Waals surface area (Å²) in [5.41, 5.74) is 5.67. The predicted molar refractivity (Wildman–Crippen MR) is 86.9 cm³/mol. The zero-order valence-electron chi connectivity index (χ0n) is 11.8. The Labute approximate surface area is 131 Å². The first kappa shape index (κ1) is 18.1. The highest BCUT2D eigenvalue weighted by molar-refractivity contribution is 14.0. The van der Waals surface area contributed by atoms with Crippen molar-refractivity contribution in [3.8, 4) is 0 Å². The average molecular weight is 381 g/mol. The molecule has 0 atom stereocenters. The number of aliphatic imine (C=N–C) groups is 1. The largest absolute Gasteiger partial charge is 0.370 e. The maximum Gasteiger partial charge on any atom is 0.226 e. The fourth-order valence-corrected chi connectivity index (χ4v) is 1.35. The van der Waals surface area contributed by atoms with E-state index in [1.165, 1.54) is 0 Å². The molecule has 1 aromatic rings. The number of nitrogens with two attached hydrogens (primary N) is 1. The molecule has 0 saturated carbocycles. The van der Waals surface area contributed by atoms with Crippen molar-refractivity contribution >= 4 is 29.9 Å². The van der Waals surface area contributed by atoms with Crippen LogP contribution in [-0.4, -0.2) is 29.2 Å². The fraction of sp³-hybridized carbons (Fsp3) is 0.750. The van der Waals surface area contributed by atoms with Gasteiger partial charge >= 0.3 is 0 Å². The second kappa shape index (κ2) is 9.99. The lowest BCUT2D eigenvalue weighted by atomic mass is 10.2. The molecule has 0 fully saturated rings. The summed E-state index contributed by atoms with van der Waals surface area (Å²) in [4.78, 5) is 8.46. The van der Waals surface area contributed by atoms with Gasteiger partial charge in [-0.2, -0.15) is 4.98 Å². The van der Waals surface area contributed by atoms with E-state index in [-0.39, 0.29) is 24.0 Å². The van der Waals surface area contributed by atoms with Gasteiger partial charge in [-0.25, -0.2) is 0 Å². The Hall–Kier alpha value is -0.860. The summed E-state index contributed by atoms with van der Waals surface area (Å²) in [7, 11) is 0. The van der Waals surface area contributed by atoms with Crippen LogP contribution in [0, 0.1) is 0 Å². The fourth-order valence-electron chi connectivity index (χ4n) is 1.35. The van der Waals surface area contributed by atoms with Gasteiger partial charge in [-0.3, -0.25) is 4.99 Å². The molecule has 0 radical (unpaired) electrons. The van der Waals surface area contributed by atoms with E-state index in [4.69, 9.17) is 10.3 Å². The normalized spacial score (nSPS) is 11.5. The highest BCUT2D eigenvalue weighted by Gasteiger charge is 2.08. The summed E-state index contributed by atoms with van der Waals surface area (Å²) in [5.74, 6) is 2.26. The van der Waals surface area contributed by atoms with Crippen LogP contribution in [0.1, 0.15) is 51.2 Å². The molecule has 7 heteroatoms. The molecule has 0 amide bonds. The van der Waals surface area contributed by atoms with Gasteiger partial charge in [0.1, 0.15) is 0 Å². The van der Waals surface area contributed by atoms with Crippen LogP contribution in [0.15, 0.2) is 9.52 Å². The SMILES string of the molecule is CCCN=C(N)NCCCc1nc(C(C)C)no1.I. The van der Waals surface area contributed by atoms with E-state index in [0.717, 1.165) is 38.2 Å².